The van der Waals surface area contributed by atoms with Crippen molar-refractivity contribution in [2.45, 2.75) is 47.1 Å². The Hall–Kier alpha value is -1.55. The minimum absolute atomic E-state index is 0.00624. The molecule has 4 heteroatoms. The largest absolute Gasteiger partial charge is 0.369 e. The summed E-state index contributed by atoms with van der Waals surface area (Å²) >= 11 is 0. The molecule has 2 saturated heterocycles. The first kappa shape index (κ1) is 19.2. The predicted octanol–water partition coefficient (Wildman–Crippen LogP) is 3.32. The van der Waals surface area contributed by atoms with E-state index in [1.54, 1.807) is 0 Å². The predicted molar refractivity (Wildman–Crippen MR) is 109 cm³/mol. The van der Waals surface area contributed by atoms with Gasteiger partial charge in [0.1, 0.15) is 0 Å². The number of benzene rings is 1. The number of aryl methyl sites for hydroxylation is 1. The molecule has 144 valence electrons. The SMILES string of the molecule is Cc1cccc(N2CCN(C(C)C(=O)N3CC(C)CC(C)C3)CC2)c1C. The van der Waals surface area contributed by atoms with Crippen LogP contribution >= 0.6 is 0 Å². The minimum Gasteiger partial charge on any atom is -0.369 e. The van der Waals surface area contributed by atoms with Gasteiger partial charge >= 0.3 is 0 Å². The fourth-order valence-electron chi connectivity index (χ4n) is 4.69. The zero-order valence-electron chi connectivity index (χ0n) is 17.2. The molecule has 2 aliphatic heterocycles. The van der Waals surface area contributed by atoms with Gasteiger partial charge in [-0.3, -0.25) is 9.69 Å². The van der Waals surface area contributed by atoms with Crippen molar-refractivity contribution in [2.75, 3.05) is 44.2 Å². The lowest BCUT2D eigenvalue weighted by atomic mass is 9.91. The third-order valence-corrected chi connectivity index (χ3v) is 6.32. The van der Waals surface area contributed by atoms with Crippen molar-refractivity contribution in [1.82, 2.24) is 9.80 Å². The standard InChI is InChI=1S/C22H35N3O/c1-16-13-17(2)15-25(14-16)22(26)20(5)23-9-11-24(12-10-23)21-8-6-7-18(3)19(21)4/h6-8,16-17,20H,9-15H2,1-5H3. The molecule has 0 spiro atoms. The molecule has 0 aromatic heterocycles. The molecule has 2 fully saturated rings. The summed E-state index contributed by atoms with van der Waals surface area (Å²) in [6.07, 6.45) is 1.24. The second-order valence-electron chi connectivity index (χ2n) is 8.61. The smallest absolute Gasteiger partial charge is 0.239 e. The van der Waals surface area contributed by atoms with Crippen LogP contribution in [0.1, 0.15) is 38.3 Å². The van der Waals surface area contributed by atoms with Crippen LogP contribution in [0.25, 0.3) is 0 Å². The van der Waals surface area contributed by atoms with Gasteiger partial charge in [-0.1, -0.05) is 26.0 Å². The van der Waals surface area contributed by atoms with Crippen LogP contribution in [0.3, 0.4) is 0 Å². The lowest BCUT2D eigenvalue weighted by molar-refractivity contribution is -0.139. The first-order valence-corrected chi connectivity index (χ1v) is 10.2. The molecule has 0 saturated carbocycles. The maximum atomic E-state index is 13.0. The van der Waals surface area contributed by atoms with Gasteiger partial charge in [-0.05, 0) is 56.2 Å². The zero-order chi connectivity index (χ0) is 18.8. The first-order chi connectivity index (χ1) is 12.4. The summed E-state index contributed by atoms with van der Waals surface area (Å²) < 4.78 is 0. The van der Waals surface area contributed by atoms with E-state index >= 15 is 0 Å². The van der Waals surface area contributed by atoms with Gasteiger partial charge in [-0.15, -0.1) is 0 Å². The summed E-state index contributed by atoms with van der Waals surface area (Å²) in [5.41, 5.74) is 4.07. The molecule has 0 aliphatic carbocycles. The van der Waals surface area contributed by atoms with Crippen LogP contribution in [-0.4, -0.2) is 61.0 Å². The number of carbonyl (C=O) groups is 1. The Balaban J connectivity index is 1.59. The highest BCUT2D eigenvalue weighted by atomic mass is 16.2. The molecule has 3 rings (SSSR count). The number of likely N-dealkylation sites (tertiary alicyclic amines) is 1. The van der Waals surface area contributed by atoms with Crippen LogP contribution in [-0.2, 0) is 4.79 Å². The molecule has 2 aliphatic rings. The van der Waals surface area contributed by atoms with Gasteiger partial charge in [0.2, 0.25) is 5.91 Å². The van der Waals surface area contributed by atoms with E-state index < -0.39 is 0 Å². The fraction of sp³-hybridized carbons (Fsp3) is 0.682. The van der Waals surface area contributed by atoms with Crippen molar-refractivity contribution < 1.29 is 4.79 Å². The van der Waals surface area contributed by atoms with Gasteiger partial charge in [-0.25, -0.2) is 0 Å². The van der Waals surface area contributed by atoms with Gasteiger partial charge in [0.15, 0.2) is 0 Å². The number of nitrogens with zero attached hydrogens (tertiary/aromatic N) is 3. The van der Waals surface area contributed by atoms with Crippen LogP contribution in [0.2, 0.25) is 0 Å². The number of rotatable bonds is 3. The van der Waals surface area contributed by atoms with Crippen molar-refractivity contribution in [3.8, 4) is 0 Å². The van der Waals surface area contributed by atoms with E-state index in [9.17, 15) is 4.79 Å². The second-order valence-corrected chi connectivity index (χ2v) is 8.61. The number of amides is 1. The lowest BCUT2D eigenvalue weighted by Crippen LogP contribution is -2.56. The van der Waals surface area contributed by atoms with E-state index in [1.165, 1.54) is 23.2 Å². The molecule has 3 unspecified atom stereocenters. The van der Waals surface area contributed by atoms with Crippen molar-refractivity contribution in [1.29, 1.82) is 0 Å². The van der Waals surface area contributed by atoms with E-state index in [0.717, 1.165) is 39.3 Å². The number of piperazine rings is 1. The van der Waals surface area contributed by atoms with Crippen molar-refractivity contribution in [2.24, 2.45) is 11.8 Å². The summed E-state index contributed by atoms with van der Waals surface area (Å²) in [7, 11) is 0. The Kier molecular flexibility index (Phi) is 5.91. The molecule has 2 heterocycles. The quantitative estimate of drug-likeness (QED) is 0.830. The van der Waals surface area contributed by atoms with Crippen LogP contribution in [0, 0.1) is 25.7 Å². The highest BCUT2D eigenvalue weighted by Gasteiger charge is 2.32. The molecular weight excluding hydrogens is 322 g/mol. The number of hydrogen-bond donors (Lipinski definition) is 0. The first-order valence-electron chi connectivity index (χ1n) is 10.2. The van der Waals surface area contributed by atoms with E-state index in [-0.39, 0.29) is 6.04 Å². The number of hydrogen-bond acceptors (Lipinski definition) is 3. The minimum atomic E-state index is -0.00624. The highest BCUT2D eigenvalue weighted by Crippen LogP contribution is 2.25. The molecule has 1 amide bonds. The molecule has 1 aromatic rings. The molecular formula is C22H35N3O. The third-order valence-electron chi connectivity index (χ3n) is 6.32. The van der Waals surface area contributed by atoms with E-state index in [4.69, 9.17) is 0 Å². The van der Waals surface area contributed by atoms with Gasteiger partial charge in [0.05, 0.1) is 6.04 Å². The van der Waals surface area contributed by atoms with Gasteiger partial charge in [0.25, 0.3) is 0 Å². The van der Waals surface area contributed by atoms with Crippen LogP contribution in [0.15, 0.2) is 18.2 Å². The maximum absolute atomic E-state index is 13.0. The molecule has 4 nitrogen and oxygen atoms in total. The van der Waals surface area contributed by atoms with Gasteiger partial charge < -0.3 is 9.80 Å². The summed E-state index contributed by atoms with van der Waals surface area (Å²) in [5.74, 6) is 1.57. The lowest BCUT2D eigenvalue weighted by Gasteiger charge is -2.42. The molecule has 1 aromatic carbocycles. The summed E-state index contributed by atoms with van der Waals surface area (Å²) in [6, 6.07) is 6.54. The average molecular weight is 358 g/mol. The number of piperidine rings is 1. The monoisotopic (exact) mass is 357 g/mol. The summed E-state index contributed by atoms with van der Waals surface area (Å²) in [6.45, 7) is 16.8. The molecule has 0 N–H and O–H groups in total. The van der Waals surface area contributed by atoms with Crippen molar-refractivity contribution in [3.63, 3.8) is 0 Å². The van der Waals surface area contributed by atoms with Gasteiger partial charge in [0, 0.05) is 45.0 Å². The average Bonchev–Trinajstić information content (AvgIpc) is 2.62. The number of anilines is 1. The summed E-state index contributed by atoms with van der Waals surface area (Å²) in [4.78, 5) is 20.0. The topological polar surface area (TPSA) is 26.8 Å². The van der Waals surface area contributed by atoms with Crippen LogP contribution in [0.5, 0.6) is 0 Å². The Labute approximate surface area is 159 Å². The Morgan fingerprint density at radius 1 is 1.04 bits per heavy atom. The Bertz CT molecular complexity index is 626. The normalized spacial score (nSPS) is 26.0. The molecule has 3 atom stereocenters. The van der Waals surface area contributed by atoms with Gasteiger partial charge in [-0.2, -0.15) is 0 Å². The van der Waals surface area contributed by atoms with E-state index in [0.29, 0.717) is 17.7 Å². The van der Waals surface area contributed by atoms with E-state index in [2.05, 4.69) is 67.5 Å². The van der Waals surface area contributed by atoms with Crippen LogP contribution < -0.4 is 4.90 Å². The van der Waals surface area contributed by atoms with Crippen LogP contribution in [0.4, 0.5) is 5.69 Å². The highest BCUT2D eigenvalue weighted by molar-refractivity contribution is 5.81. The Morgan fingerprint density at radius 2 is 1.65 bits per heavy atom. The Morgan fingerprint density at radius 3 is 2.27 bits per heavy atom. The fourth-order valence-corrected chi connectivity index (χ4v) is 4.69. The van der Waals surface area contributed by atoms with E-state index in [1.807, 2.05) is 0 Å². The van der Waals surface area contributed by atoms with Crippen molar-refractivity contribution >= 4 is 11.6 Å². The third kappa shape index (κ3) is 4.06. The molecule has 0 radical (unpaired) electrons. The van der Waals surface area contributed by atoms with Crippen molar-refractivity contribution in [3.05, 3.63) is 29.3 Å². The molecule has 0 bridgehead atoms. The molecule has 26 heavy (non-hydrogen) atoms. The maximum Gasteiger partial charge on any atom is 0.239 e. The summed E-state index contributed by atoms with van der Waals surface area (Å²) in [5, 5.41) is 0. The number of carbonyl (C=O) groups excluding carboxylic acids is 1. The second kappa shape index (κ2) is 7.99. The zero-order valence-corrected chi connectivity index (χ0v) is 17.2.